The summed E-state index contributed by atoms with van der Waals surface area (Å²) in [6.45, 7) is 3.17. The van der Waals surface area contributed by atoms with Crippen molar-refractivity contribution in [2.75, 3.05) is 33.7 Å². The summed E-state index contributed by atoms with van der Waals surface area (Å²) in [7, 11) is 3.13. The number of piperidine rings is 1. The molecule has 0 aromatic carbocycles. The van der Waals surface area contributed by atoms with Crippen molar-refractivity contribution in [3.05, 3.63) is 0 Å². The third kappa shape index (κ3) is 5.24. The number of carbonyl (C=O) groups excluding carboxylic acids is 2. The number of carbonyl (C=O) groups is 3. The molecule has 1 rings (SSSR count). The second kappa shape index (κ2) is 7.85. The normalized spacial score (nSPS) is 19.8. The van der Waals surface area contributed by atoms with Gasteiger partial charge in [-0.25, -0.2) is 4.79 Å². The molecule has 1 aliphatic heterocycles. The van der Waals surface area contributed by atoms with Gasteiger partial charge in [0, 0.05) is 33.6 Å². The molecule has 2 atom stereocenters. The molecule has 7 heteroatoms. The SMILES string of the molecule is CNC(=O)CN(C)C(=O)N1CCCC(C(C)CC(=O)O)C1. The van der Waals surface area contributed by atoms with Crippen LogP contribution in [0.5, 0.6) is 0 Å². The highest BCUT2D eigenvalue weighted by Gasteiger charge is 2.29. The van der Waals surface area contributed by atoms with Crippen LogP contribution in [0.25, 0.3) is 0 Å². The van der Waals surface area contributed by atoms with Crippen LogP contribution >= 0.6 is 0 Å². The number of likely N-dealkylation sites (N-methyl/N-ethyl adjacent to an activating group) is 2. The molecule has 0 spiro atoms. The van der Waals surface area contributed by atoms with Gasteiger partial charge < -0.3 is 20.2 Å². The summed E-state index contributed by atoms with van der Waals surface area (Å²) in [6, 6.07) is -0.175. The fourth-order valence-electron chi connectivity index (χ4n) is 2.69. The van der Waals surface area contributed by atoms with Crippen LogP contribution < -0.4 is 5.32 Å². The van der Waals surface area contributed by atoms with Gasteiger partial charge in [0.2, 0.25) is 5.91 Å². The smallest absolute Gasteiger partial charge is 0.320 e. The Labute approximate surface area is 125 Å². The second-order valence-corrected chi connectivity index (χ2v) is 5.74. The van der Waals surface area contributed by atoms with E-state index < -0.39 is 5.97 Å². The van der Waals surface area contributed by atoms with E-state index in [2.05, 4.69) is 5.32 Å². The zero-order valence-corrected chi connectivity index (χ0v) is 13.0. The van der Waals surface area contributed by atoms with Gasteiger partial charge in [-0.2, -0.15) is 0 Å². The van der Waals surface area contributed by atoms with E-state index in [-0.39, 0.29) is 36.7 Å². The number of hydrogen-bond acceptors (Lipinski definition) is 3. The number of nitrogens with zero attached hydrogens (tertiary/aromatic N) is 2. The minimum Gasteiger partial charge on any atom is -0.481 e. The summed E-state index contributed by atoms with van der Waals surface area (Å²) in [5, 5.41) is 11.4. The Morgan fingerprint density at radius 1 is 1.43 bits per heavy atom. The maximum atomic E-state index is 12.3. The summed E-state index contributed by atoms with van der Waals surface area (Å²) in [5.41, 5.74) is 0. The maximum Gasteiger partial charge on any atom is 0.320 e. The number of carboxylic acids is 1. The predicted molar refractivity (Wildman–Crippen MR) is 77.8 cm³/mol. The number of hydrogen-bond donors (Lipinski definition) is 2. The Morgan fingerprint density at radius 3 is 2.67 bits per heavy atom. The van der Waals surface area contributed by atoms with Crippen molar-refractivity contribution in [3.63, 3.8) is 0 Å². The van der Waals surface area contributed by atoms with Gasteiger partial charge in [0.05, 0.1) is 0 Å². The van der Waals surface area contributed by atoms with E-state index in [0.717, 1.165) is 12.8 Å². The van der Waals surface area contributed by atoms with Crippen LogP contribution in [-0.2, 0) is 9.59 Å². The molecule has 2 unspecified atom stereocenters. The molecule has 0 radical (unpaired) electrons. The van der Waals surface area contributed by atoms with Crippen molar-refractivity contribution >= 4 is 17.9 Å². The molecular weight excluding hydrogens is 274 g/mol. The largest absolute Gasteiger partial charge is 0.481 e. The van der Waals surface area contributed by atoms with E-state index in [1.807, 2.05) is 6.92 Å². The van der Waals surface area contributed by atoms with Crippen molar-refractivity contribution in [1.29, 1.82) is 0 Å². The Bertz CT molecular complexity index is 400. The molecule has 1 fully saturated rings. The number of carboxylic acid groups (broad SMARTS) is 1. The van der Waals surface area contributed by atoms with E-state index in [1.165, 1.54) is 11.9 Å². The number of urea groups is 1. The maximum absolute atomic E-state index is 12.3. The van der Waals surface area contributed by atoms with E-state index in [4.69, 9.17) is 5.11 Å². The van der Waals surface area contributed by atoms with Gasteiger partial charge in [-0.15, -0.1) is 0 Å². The van der Waals surface area contributed by atoms with E-state index >= 15 is 0 Å². The summed E-state index contributed by atoms with van der Waals surface area (Å²) in [6.07, 6.45) is 1.94. The molecule has 0 saturated carbocycles. The quantitative estimate of drug-likeness (QED) is 0.778. The first kappa shape index (κ1) is 17.3. The number of likely N-dealkylation sites (tertiary alicyclic amines) is 1. The Balaban J connectivity index is 2.56. The highest BCUT2D eigenvalue weighted by atomic mass is 16.4. The van der Waals surface area contributed by atoms with E-state index in [9.17, 15) is 14.4 Å². The number of nitrogens with one attached hydrogen (secondary N) is 1. The minimum atomic E-state index is -0.803. The fraction of sp³-hybridized carbons (Fsp3) is 0.786. The molecule has 1 heterocycles. The van der Waals surface area contributed by atoms with Crippen LogP contribution in [0.3, 0.4) is 0 Å². The average molecular weight is 299 g/mol. The molecule has 3 amide bonds. The summed E-state index contributed by atoms with van der Waals surface area (Å²) in [5.74, 6) is -0.768. The van der Waals surface area contributed by atoms with Gasteiger partial charge >= 0.3 is 12.0 Å². The predicted octanol–water partition coefficient (Wildman–Crippen LogP) is 0.607. The summed E-state index contributed by atoms with van der Waals surface area (Å²) < 4.78 is 0. The number of rotatable bonds is 5. The van der Waals surface area contributed by atoms with E-state index in [1.54, 1.807) is 11.9 Å². The highest BCUT2D eigenvalue weighted by Crippen LogP contribution is 2.26. The highest BCUT2D eigenvalue weighted by molar-refractivity contribution is 5.83. The second-order valence-electron chi connectivity index (χ2n) is 5.74. The lowest BCUT2D eigenvalue weighted by Gasteiger charge is -2.37. The van der Waals surface area contributed by atoms with Crippen molar-refractivity contribution < 1.29 is 19.5 Å². The first-order valence-corrected chi connectivity index (χ1v) is 7.27. The van der Waals surface area contributed by atoms with Gasteiger partial charge in [0.25, 0.3) is 0 Å². The lowest BCUT2D eigenvalue weighted by atomic mass is 9.85. The number of aliphatic carboxylic acids is 1. The van der Waals surface area contributed by atoms with Crippen LogP contribution in [0.1, 0.15) is 26.2 Å². The van der Waals surface area contributed by atoms with Crippen molar-refractivity contribution in [1.82, 2.24) is 15.1 Å². The van der Waals surface area contributed by atoms with Gasteiger partial charge in [-0.1, -0.05) is 6.92 Å². The zero-order valence-electron chi connectivity index (χ0n) is 13.0. The number of amides is 3. The lowest BCUT2D eigenvalue weighted by Crippen LogP contribution is -2.49. The Kier molecular flexibility index (Phi) is 6.45. The molecule has 0 aromatic rings. The van der Waals surface area contributed by atoms with Gasteiger partial charge in [0.1, 0.15) is 6.54 Å². The first-order valence-electron chi connectivity index (χ1n) is 7.27. The van der Waals surface area contributed by atoms with Gasteiger partial charge in [0.15, 0.2) is 0 Å². The lowest BCUT2D eigenvalue weighted by molar-refractivity contribution is -0.138. The van der Waals surface area contributed by atoms with Crippen molar-refractivity contribution in [3.8, 4) is 0 Å². The Morgan fingerprint density at radius 2 is 2.10 bits per heavy atom. The average Bonchev–Trinajstić information content (AvgIpc) is 2.45. The molecule has 1 saturated heterocycles. The molecule has 0 aliphatic carbocycles. The molecule has 2 N–H and O–H groups in total. The molecular formula is C14H25N3O4. The van der Waals surface area contributed by atoms with Crippen LogP contribution in [0.2, 0.25) is 0 Å². The van der Waals surface area contributed by atoms with Crippen LogP contribution in [-0.4, -0.2) is 66.5 Å². The third-order valence-corrected chi connectivity index (χ3v) is 4.02. The zero-order chi connectivity index (χ0) is 16.0. The molecule has 7 nitrogen and oxygen atoms in total. The van der Waals surface area contributed by atoms with Gasteiger partial charge in [-0.05, 0) is 24.7 Å². The Hall–Kier alpha value is -1.79. The molecule has 120 valence electrons. The summed E-state index contributed by atoms with van der Waals surface area (Å²) >= 11 is 0. The summed E-state index contributed by atoms with van der Waals surface area (Å²) in [4.78, 5) is 37.5. The topological polar surface area (TPSA) is 90.0 Å². The molecule has 0 bridgehead atoms. The minimum absolute atomic E-state index is 0.0289. The monoisotopic (exact) mass is 299 g/mol. The third-order valence-electron chi connectivity index (χ3n) is 4.02. The van der Waals surface area contributed by atoms with Gasteiger partial charge in [-0.3, -0.25) is 9.59 Å². The van der Waals surface area contributed by atoms with Crippen molar-refractivity contribution in [2.24, 2.45) is 11.8 Å². The molecule has 0 aromatic heterocycles. The van der Waals surface area contributed by atoms with E-state index in [0.29, 0.717) is 13.1 Å². The first-order chi connectivity index (χ1) is 9.85. The molecule has 21 heavy (non-hydrogen) atoms. The van der Waals surface area contributed by atoms with Crippen LogP contribution in [0.4, 0.5) is 4.79 Å². The fourth-order valence-corrected chi connectivity index (χ4v) is 2.69. The van der Waals surface area contributed by atoms with Crippen LogP contribution in [0.15, 0.2) is 0 Å². The van der Waals surface area contributed by atoms with Crippen molar-refractivity contribution in [2.45, 2.75) is 26.2 Å². The standard InChI is InChI=1S/C14H25N3O4/c1-10(7-13(19)20)11-5-4-6-17(8-11)14(21)16(3)9-12(18)15-2/h10-11H,4-9H2,1-3H3,(H,15,18)(H,19,20). The molecule has 1 aliphatic rings. The van der Waals surface area contributed by atoms with Crippen LogP contribution in [0, 0.1) is 11.8 Å².